The van der Waals surface area contributed by atoms with Gasteiger partial charge in [-0.1, -0.05) is 0 Å². The summed E-state index contributed by atoms with van der Waals surface area (Å²) in [6.07, 6.45) is -3.73. The summed E-state index contributed by atoms with van der Waals surface area (Å²) in [5.74, 6) is 0. The molecule has 0 unspecified atom stereocenters. The first-order valence-electron chi connectivity index (χ1n) is 2.64. The summed E-state index contributed by atoms with van der Waals surface area (Å²) in [5.41, 5.74) is 7.63. The van der Waals surface area contributed by atoms with E-state index in [4.69, 9.17) is 5.73 Å². The number of hydrogen-bond acceptors (Lipinski definition) is 3. The van der Waals surface area contributed by atoms with E-state index < -0.39 is 17.6 Å². The van der Waals surface area contributed by atoms with Gasteiger partial charge in [0, 0.05) is 13.3 Å². The van der Waals surface area contributed by atoms with Crippen molar-refractivity contribution in [2.75, 3.05) is 7.05 Å². The number of rotatable bonds is 1. The van der Waals surface area contributed by atoms with Crippen LogP contribution in [0.25, 0.3) is 0 Å². The zero-order chi connectivity index (χ0) is 9.07. The number of hydrogen-bond donors (Lipinski definition) is 2. The monoisotopic (exact) mass is 167 g/mol. The lowest BCUT2D eigenvalue weighted by atomic mass is 10.3. The maximum Gasteiger partial charge on any atom is 0.432 e. The Morgan fingerprint density at radius 1 is 1.36 bits per heavy atom. The third-order valence-corrected chi connectivity index (χ3v) is 0.885. The van der Waals surface area contributed by atoms with Gasteiger partial charge in [-0.25, -0.2) is 0 Å². The van der Waals surface area contributed by atoms with Gasteiger partial charge in [0.05, 0.1) is 5.70 Å². The lowest BCUT2D eigenvalue weighted by Gasteiger charge is -2.06. The van der Waals surface area contributed by atoms with Crippen molar-refractivity contribution >= 4 is 6.21 Å². The molecule has 0 aliphatic carbocycles. The second-order valence-corrected chi connectivity index (χ2v) is 1.75. The lowest BCUT2D eigenvalue weighted by molar-refractivity contribution is -0.0931. The first-order valence-corrected chi connectivity index (χ1v) is 2.64. The average Bonchev–Trinajstić information content (AvgIpc) is 1.85. The molecule has 3 nitrogen and oxygen atoms in total. The van der Waals surface area contributed by atoms with Crippen molar-refractivity contribution in [1.29, 1.82) is 0 Å². The van der Waals surface area contributed by atoms with Gasteiger partial charge in [0.1, 0.15) is 5.70 Å². The largest absolute Gasteiger partial charge is 0.432 e. The minimum Gasteiger partial charge on any atom is -0.396 e. The molecule has 11 heavy (non-hydrogen) atoms. The molecule has 0 radical (unpaired) electrons. The molecule has 0 aromatic heterocycles. The van der Waals surface area contributed by atoms with E-state index in [0.29, 0.717) is 0 Å². The average molecular weight is 167 g/mol. The van der Waals surface area contributed by atoms with E-state index >= 15 is 0 Å². The molecule has 0 aliphatic heterocycles. The Labute approximate surface area is 61.6 Å². The molecule has 4 N–H and O–H groups in total. The van der Waals surface area contributed by atoms with Crippen LogP contribution in [0.15, 0.2) is 16.4 Å². The molecule has 0 fully saturated rings. The Bertz CT molecular complexity index is 192. The van der Waals surface area contributed by atoms with E-state index in [2.05, 4.69) is 10.7 Å². The van der Waals surface area contributed by atoms with Crippen molar-refractivity contribution in [1.82, 2.24) is 0 Å². The number of allylic oxidation sites excluding steroid dienone is 2. The highest BCUT2D eigenvalue weighted by Gasteiger charge is 2.33. The molecule has 0 aromatic rings. The van der Waals surface area contributed by atoms with Crippen molar-refractivity contribution in [3.63, 3.8) is 0 Å². The Balaban J connectivity index is 4.67. The fraction of sp³-hybridized carbons (Fsp3) is 0.400. The molecule has 0 heterocycles. The molecular formula is C5H8F3N3. The van der Waals surface area contributed by atoms with E-state index in [0.717, 1.165) is 6.21 Å². The maximum absolute atomic E-state index is 11.7. The van der Waals surface area contributed by atoms with Crippen LogP contribution in [-0.2, 0) is 0 Å². The molecule has 0 amide bonds. The van der Waals surface area contributed by atoms with Gasteiger partial charge in [-0.05, 0) is 0 Å². The lowest BCUT2D eigenvalue weighted by Crippen LogP contribution is -2.25. The number of halogens is 3. The molecule has 0 atom stereocenters. The highest BCUT2D eigenvalue weighted by atomic mass is 19.4. The smallest absolute Gasteiger partial charge is 0.396 e. The van der Waals surface area contributed by atoms with E-state index in [1.807, 2.05) is 0 Å². The van der Waals surface area contributed by atoms with Crippen molar-refractivity contribution in [3.05, 3.63) is 11.4 Å². The van der Waals surface area contributed by atoms with E-state index in [-0.39, 0.29) is 0 Å². The Hall–Kier alpha value is -1.20. The Kier molecular flexibility index (Phi) is 2.91. The van der Waals surface area contributed by atoms with Gasteiger partial charge < -0.3 is 11.5 Å². The van der Waals surface area contributed by atoms with Gasteiger partial charge in [0.15, 0.2) is 0 Å². The Morgan fingerprint density at radius 3 is 2.09 bits per heavy atom. The summed E-state index contributed by atoms with van der Waals surface area (Å²) in [7, 11) is 1.30. The summed E-state index contributed by atoms with van der Waals surface area (Å²) in [6.45, 7) is 0. The standard InChI is InChI=1S/C5H8F3N3/c1-11-2-3(9)4(10)5(6,7)8/h2H,9-10H2,1H3. The van der Waals surface area contributed by atoms with Crippen molar-refractivity contribution < 1.29 is 13.2 Å². The fourth-order valence-corrected chi connectivity index (χ4v) is 0.372. The van der Waals surface area contributed by atoms with E-state index in [1.54, 1.807) is 0 Å². The molecule has 0 saturated carbocycles. The van der Waals surface area contributed by atoms with Gasteiger partial charge in [0.2, 0.25) is 0 Å². The number of aliphatic imine (C=N–C) groups is 1. The molecule has 0 bridgehead atoms. The van der Waals surface area contributed by atoms with Crippen LogP contribution in [0.5, 0.6) is 0 Å². The van der Waals surface area contributed by atoms with Crippen LogP contribution in [0, 0.1) is 0 Å². The summed E-state index contributed by atoms with van der Waals surface area (Å²) in [5, 5.41) is 0. The molecule has 64 valence electrons. The normalized spacial score (nSPS) is 15.3. The van der Waals surface area contributed by atoms with E-state index in [1.165, 1.54) is 7.05 Å². The minimum atomic E-state index is -4.58. The van der Waals surface area contributed by atoms with Crippen LogP contribution in [0.1, 0.15) is 0 Å². The SMILES string of the molecule is CN=CC(N)=C(N)C(F)(F)F. The van der Waals surface area contributed by atoms with E-state index in [9.17, 15) is 13.2 Å². The zero-order valence-electron chi connectivity index (χ0n) is 5.81. The maximum atomic E-state index is 11.7. The molecule has 0 spiro atoms. The predicted molar refractivity (Wildman–Crippen MR) is 35.9 cm³/mol. The molecule has 6 heteroatoms. The summed E-state index contributed by atoms with van der Waals surface area (Å²) in [4.78, 5) is 3.28. The van der Waals surface area contributed by atoms with Crippen LogP contribution < -0.4 is 11.5 Å². The second kappa shape index (κ2) is 3.27. The third-order valence-electron chi connectivity index (χ3n) is 0.885. The third kappa shape index (κ3) is 2.92. The quantitative estimate of drug-likeness (QED) is 0.554. The van der Waals surface area contributed by atoms with Crippen molar-refractivity contribution in [3.8, 4) is 0 Å². The van der Waals surface area contributed by atoms with Gasteiger partial charge in [-0.2, -0.15) is 13.2 Å². The molecule has 0 aromatic carbocycles. The highest BCUT2D eigenvalue weighted by Crippen LogP contribution is 2.21. The Morgan fingerprint density at radius 2 is 1.82 bits per heavy atom. The van der Waals surface area contributed by atoms with Gasteiger partial charge in [-0.15, -0.1) is 0 Å². The zero-order valence-corrected chi connectivity index (χ0v) is 5.81. The van der Waals surface area contributed by atoms with Gasteiger partial charge in [0.25, 0.3) is 0 Å². The topological polar surface area (TPSA) is 64.4 Å². The van der Waals surface area contributed by atoms with Crippen LogP contribution in [0.4, 0.5) is 13.2 Å². The van der Waals surface area contributed by atoms with Crippen LogP contribution >= 0.6 is 0 Å². The van der Waals surface area contributed by atoms with Crippen LogP contribution in [-0.4, -0.2) is 19.4 Å². The van der Waals surface area contributed by atoms with Gasteiger partial charge >= 0.3 is 6.18 Å². The van der Waals surface area contributed by atoms with Crippen molar-refractivity contribution in [2.45, 2.75) is 6.18 Å². The second-order valence-electron chi connectivity index (χ2n) is 1.75. The first kappa shape index (κ1) is 9.80. The number of nitrogens with two attached hydrogens (primary N) is 2. The summed E-state index contributed by atoms with van der Waals surface area (Å²) >= 11 is 0. The summed E-state index contributed by atoms with van der Waals surface area (Å²) in [6, 6.07) is 0. The first-order chi connectivity index (χ1) is 4.89. The molecular weight excluding hydrogens is 159 g/mol. The minimum absolute atomic E-state index is 0.569. The highest BCUT2D eigenvalue weighted by molar-refractivity contribution is 5.78. The number of alkyl halides is 3. The predicted octanol–water partition coefficient (Wildman–Crippen LogP) is 0.378. The van der Waals surface area contributed by atoms with Gasteiger partial charge in [-0.3, -0.25) is 4.99 Å². The fourth-order valence-electron chi connectivity index (χ4n) is 0.372. The molecule has 0 aliphatic rings. The number of nitrogens with zero attached hydrogens (tertiary/aromatic N) is 1. The summed E-state index contributed by atoms with van der Waals surface area (Å²) < 4.78 is 35.1. The van der Waals surface area contributed by atoms with Crippen molar-refractivity contribution in [2.24, 2.45) is 16.5 Å². The van der Waals surface area contributed by atoms with Crippen LogP contribution in [0.2, 0.25) is 0 Å². The molecule has 0 rings (SSSR count). The van der Waals surface area contributed by atoms with Crippen LogP contribution in [0.3, 0.4) is 0 Å². The molecule has 0 saturated heterocycles.